The summed E-state index contributed by atoms with van der Waals surface area (Å²) in [7, 11) is 2.02. The number of carbonyl (C=O) groups is 2. The molecule has 270 valence electrons. The highest BCUT2D eigenvalue weighted by Crippen LogP contribution is 2.34. The van der Waals surface area contributed by atoms with Crippen LogP contribution in [0.25, 0.3) is 0 Å². The monoisotopic (exact) mass is 728 g/mol. The minimum absolute atomic E-state index is 0.0933. The Bertz CT molecular complexity index is 1640. The van der Waals surface area contributed by atoms with E-state index in [4.69, 9.17) is 42.1 Å². The van der Waals surface area contributed by atoms with Crippen molar-refractivity contribution in [2.45, 2.75) is 64.8 Å². The molecule has 3 amide bonds. The number of nitrogens with zero attached hydrogens (tertiary/aromatic N) is 2. The van der Waals surface area contributed by atoms with Crippen LogP contribution >= 0.6 is 23.2 Å². The van der Waals surface area contributed by atoms with Crippen molar-refractivity contribution in [1.82, 2.24) is 9.80 Å². The molecule has 4 atom stereocenters. The van der Waals surface area contributed by atoms with Crippen LogP contribution in [0.5, 0.6) is 17.2 Å². The summed E-state index contributed by atoms with van der Waals surface area (Å²) >= 11 is 12.4. The van der Waals surface area contributed by atoms with Crippen molar-refractivity contribution in [2.24, 2.45) is 5.92 Å². The van der Waals surface area contributed by atoms with Gasteiger partial charge in [-0.3, -0.25) is 9.69 Å². The molecule has 13 heteroatoms. The smallest absolute Gasteiger partial charge is 0.323 e. The number of likely N-dealkylation sites (N-methyl/N-ethyl adjacent to an activating group) is 1. The number of aliphatic hydroxyl groups excluding tert-OH is 1. The molecule has 0 unspecified atom stereocenters. The van der Waals surface area contributed by atoms with Crippen LogP contribution in [0, 0.1) is 5.92 Å². The van der Waals surface area contributed by atoms with Crippen LogP contribution in [0.3, 0.4) is 0 Å². The summed E-state index contributed by atoms with van der Waals surface area (Å²) in [6.45, 7) is 7.89. The third-order valence-corrected chi connectivity index (χ3v) is 9.61. The molecule has 0 aliphatic carbocycles. The van der Waals surface area contributed by atoms with Gasteiger partial charge in [0.1, 0.15) is 5.75 Å². The molecule has 0 spiro atoms. The van der Waals surface area contributed by atoms with Gasteiger partial charge in [-0.05, 0) is 88.2 Å². The molecule has 0 radical (unpaired) electrons. The van der Waals surface area contributed by atoms with Gasteiger partial charge in [0, 0.05) is 49.6 Å². The average Bonchev–Trinajstić information content (AvgIpc) is 3.55. The van der Waals surface area contributed by atoms with E-state index in [-0.39, 0.29) is 43.0 Å². The molecule has 2 aliphatic heterocycles. The number of fused-ring (bicyclic) bond motifs is 2. The summed E-state index contributed by atoms with van der Waals surface area (Å²) in [5, 5.41) is 16.9. The highest BCUT2D eigenvalue weighted by atomic mass is 35.5. The zero-order valence-electron chi connectivity index (χ0n) is 28.9. The first-order valence-electron chi connectivity index (χ1n) is 16.9. The van der Waals surface area contributed by atoms with Gasteiger partial charge in [-0.2, -0.15) is 0 Å². The second kappa shape index (κ2) is 17.5. The van der Waals surface area contributed by atoms with Crippen molar-refractivity contribution in [3.8, 4) is 17.2 Å². The quantitative estimate of drug-likeness (QED) is 0.221. The van der Waals surface area contributed by atoms with Crippen LogP contribution in [0.1, 0.15) is 56.0 Å². The Morgan fingerprint density at radius 1 is 0.980 bits per heavy atom. The second-order valence-corrected chi connectivity index (χ2v) is 13.9. The zero-order valence-corrected chi connectivity index (χ0v) is 30.4. The normalized spacial score (nSPS) is 20.4. The fourth-order valence-corrected chi connectivity index (χ4v) is 6.37. The fourth-order valence-electron chi connectivity index (χ4n) is 6.05. The van der Waals surface area contributed by atoms with Crippen LogP contribution in [-0.4, -0.2) is 85.2 Å². The summed E-state index contributed by atoms with van der Waals surface area (Å²) in [4.78, 5) is 31.3. The Kier molecular flexibility index (Phi) is 13.1. The minimum atomic E-state index is -0.497. The van der Waals surface area contributed by atoms with Crippen molar-refractivity contribution in [3.63, 3.8) is 0 Å². The Hall–Kier alpha value is -3.74. The lowest BCUT2D eigenvalue weighted by molar-refractivity contribution is -0.0177. The molecule has 0 bridgehead atoms. The van der Waals surface area contributed by atoms with E-state index in [1.54, 1.807) is 47.4 Å². The maximum Gasteiger partial charge on any atom is 0.323 e. The van der Waals surface area contributed by atoms with Crippen molar-refractivity contribution in [1.29, 1.82) is 0 Å². The summed E-state index contributed by atoms with van der Waals surface area (Å²) in [6.07, 6.45) is 2.14. The number of benzene rings is 3. The lowest BCUT2D eigenvalue weighted by Gasteiger charge is -2.36. The van der Waals surface area contributed by atoms with Gasteiger partial charge in [0.05, 0.1) is 40.5 Å². The molecule has 11 nitrogen and oxygen atoms in total. The molecule has 2 aliphatic rings. The fraction of sp³-hybridized carbons (Fsp3) is 0.459. The number of carbonyl (C=O) groups excluding carboxylic acids is 2. The number of rotatable bonds is 8. The highest BCUT2D eigenvalue weighted by molar-refractivity contribution is 6.42. The molecular formula is C37H46Cl2N4O7. The van der Waals surface area contributed by atoms with E-state index in [0.717, 1.165) is 24.8 Å². The number of urea groups is 1. The third-order valence-electron chi connectivity index (χ3n) is 8.87. The minimum Gasteiger partial charge on any atom is -0.490 e. The van der Waals surface area contributed by atoms with Crippen molar-refractivity contribution >= 4 is 46.5 Å². The summed E-state index contributed by atoms with van der Waals surface area (Å²) < 4.78 is 23.6. The Balaban J connectivity index is 1.36. The first-order valence-corrected chi connectivity index (χ1v) is 17.7. The van der Waals surface area contributed by atoms with Gasteiger partial charge in [0.15, 0.2) is 11.5 Å². The predicted molar refractivity (Wildman–Crippen MR) is 195 cm³/mol. The molecule has 0 aromatic heterocycles. The third kappa shape index (κ3) is 9.95. The maximum absolute atomic E-state index is 14.4. The number of amides is 3. The number of hydrogen-bond donors (Lipinski definition) is 3. The first-order chi connectivity index (χ1) is 24.0. The van der Waals surface area contributed by atoms with E-state index in [1.165, 1.54) is 0 Å². The van der Waals surface area contributed by atoms with E-state index in [0.29, 0.717) is 64.9 Å². The van der Waals surface area contributed by atoms with E-state index in [1.807, 2.05) is 33.0 Å². The van der Waals surface area contributed by atoms with Gasteiger partial charge < -0.3 is 39.6 Å². The lowest BCUT2D eigenvalue weighted by Crippen LogP contribution is -2.47. The lowest BCUT2D eigenvalue weighted by atomic mass is 10.0. The van der Waals surface area contributed by atoms with Crippen LogP contribution in [0.15, 0.2) is 54.6 Å². The molecule has 3 N–H and O–H groups in total. The zero-order chi connectivity index (χ0) is 35.8. The van der Waals surface area contributed by atoms with Crippen LogP contribution < -0.4 is 24.8 Å². The van der Waals surface area contributed by atoms with E-state index in [9.17, 15) is 14.7 Å². The van der Waals surface area contributed by atoms with Crippen molar-refractivity contribution < 1.29 is 33.6 Å². The number of ether oxygens (including phenoxy) is 4. The number of anilines is 2. The van der Waals surface area contributed by atoms with Gasteiger partial charge in [0.2, 0.25) is 6.79 Å². The van der Waals surface area contributed by atoms with Crippen molar-refractivity contribution in [2.75, 3.05) is 50.8 Å². The van der Waals surface area contributed by atoms with Gasteiger partial charge >= 0.3 is 6.03 Å². The van der Waals surface area contributed by atoms with Gasteiger partial charge in [-0.15, -0.1) is 0 Å². The Labute approximate surface area is 303 Å². The summed E-state index contributed by atoms with van der Waals surface area (Å²) in [5.41, 5.74) is 2.24. The number of hydrogen-bond acceptors (Lipinski definition) is 8. The topological polar surface area (TPSA) is 122 Å². The first kappa shape index (κ1) is 37.5. The van der Waals surface area contributed by atoms with Crippen LogP contribution in [0.4, 0.5) is 16.2 Å². The van der Waals surface area contributed by atoms with E-state index in [2.05, 4.69) is 22.5 Å². The molecule has 0 fully saturated rings. The number of halogens is 2. The maximum atomic E-state index is 14.4. The van der Waals surface area contributed by atoms with Crippen molar-refractivity contribution in [3.05, 3.63) is 75.8 Å². The van der Waals surface area contributed by atoms with Gasteiger partial charge in [-0.25, -0.2) is 4.79 Å². The standard InChI is InChI=1S/C37H46Cl2N4O7/c1-23-18-43(24(2)21-44)36(45)29-16-27(40-37(46)41-28-10-13-33-34(17-28)49-22-48-33)9-12-32(29)50-25(3)7-5-6-14-47-35(23)20-42(4)19-26-8-11-30(38)31(39)15-26/h8-13,15-17,23-25,35,44H,5-7,14,18-22H2,1-4H3,(H2,40,41,46)/t23-,24+,25+,35-/m0/s1. The van der Waals surface area contributed by atoms with Crippen LogP contribution in [0.2, 0.25) is 10.0 Å². The number of nitrogens with one attached hydrogen (secondary N) is 2. The average molecular weight is 730 g/mol. The SMILES string of the molecule is C[C@@H]1CCCCO[C@@H](CN(C)Cc2ccc(Cl)c(Cl)c2)[C@@H](C)CN([C@H](C)CO)C(=O)c2cc(NC(=O)Nc3ccc4c(c3)OCO4)ccc2O1. The van der Waals surface area contributed by atoms with E-state index >= 15 is 0 Å². The molecule has 5 rings (SSSR count). The Morgan fingerprint density at radius 2 is 1.70 bits per heavy atom. The van der Waals surface area contributed by atoms with E-state index < -0.39 is 12.1 Å². The molecular weight excluding hydrogens is 683 g/mol. The molecule has 2 heterocycles. The second-order valence-electron chi connectivity index (χ2n) is 13.1. The number of aliphatic hydroxyl groups is 1. The summed E-state index contributed by atoms with van der Waals surface area (Å²) in [5.74, 6) is 1.16. The summed E-state index contributed by atoms with van der Waals surface area (Å²) in [6, 6.07) is 14.8. The van der Waals surface area contributed by atoms with Crippen LogP contribution in [-0.2, 0) is 11.3 Å². The van der Waals surface area contributed by atoms with Gasteiger partial charge in [0.25, 0.3) is 5.91 Å². The molecule has 0 saturated carbocycles. The largest absolute Gasteiger partial charge is 0.490 e. The highest BCUT2D eigenvalue weighted by Gasteiger charge is 2.30. The predicted octanol–water partition coefficient (Wildman–Crippen LogP) is 7.29. The molecule has 0 saturated heterocycles. The molecule has 50 heavy (non-hydrogen) atoms. The molecule has 3 aromatic rings. The molecule has 3 aromatic carbocycles. The van der Waals surface area contributed by atoms with Gasteiger partial charge in [-0.1, -0.05) is 36.2 Å². The Morgan fingerprint density at radius 3 is 2.44 bits per heavy atom.